The van der Waals surface area contributed by atoms with Gasteiger partial charge < -0.3 is 28.4 Å². The lowest BCUT2D eigenvalue weighted by Gasteiger charge is -2.34. The molecule has 9 heteroatoms. The molecule has 18 aromatic rings. The highest BCUT2D eigenvalue weighted by Crippen LogP contribution is 2.46. The van der Waals surface area contributed by atoms with Crippen molar-refractivity contribution in [3.05, 3.63) is 416 Å². The van der Waals surface area contributed by atoms with Crippen molar-refractivity contribution in [1.82, 2.24) is 0 Å². The Morgan fingerprint density at radius 1 is 0.139 bits per heavy atom. The lowest BCUT2D eigenvalue weighted by Crippen LogP contribution is -2.57. The molecular formula is C113H79B3O6. The van der Waals surface area contributed by atoms with E-state index in [1.165, 1.54) is 99.9 Å². The van der Waals surface area contributed by atoms with Gasteiger partial charge in [-0.15, -0.1) is 0 Å². The first-order chi connectivity index (χ1) is 60.0. The van der Waals surface area contributed by atoms with Gasteiger partial charge in [-0.25, -0.2) is 0 Å². The largest absolute Gasteiger partial charge is 0.458 e. The Morgan fingerprint density at radius 3 is 0.656 bits per heavy atom. The van der Waals surface area contributed by atoms with E-state index >= 15 is 0 Å². The summed E-state index contributed by atoms with van der Waals surface area (Å²) in [6.45, 7) is 10.8. The van der Waals surface area contributed by atoms with Gasteiger partial charge in [0.2, 0.25) is 0 Å². The second-order valence-corrected chi connectivity index (χ2v) is 32.6. The third-order valence-electron chi connectivity index (χ3n) is 25.1. The minimum Gasteiger partial charge on any atom is -0.458 e. The van der Waals surface area contributed by atoms with Crippen LogP contribution in [0.15, 0.2) is 388 Å². The second kappa shape index (κ2) is 30.4. The third kappa shape index (κ3) is 13.1. The Morgan fingerprint density at radius 2 is 0.344 bits per heavy atom. The molecule has 0 radical (unpaired) electrons. The lowest BCUT2D eigenvalue weighted by molar-refractivity contribution is 0.464. The van der Waals surface area contributed by atoms with Gasteiger partial charge in [-0.05, 0) is 268 Å². The molecule has 6 heterocycles. The molecular weight excluding hydrogens is 1490 g/mol. The molecule has 0 saturated carbocycles. The number of aryl methyl sites for hydroxylation is 5. The van der Waals surface area contributed by atoms with Gasteiger partial charge >= 0.3 is 0 Å². The number of ether oxygens (including phenoxy) is 6. The molecule has 0 spiro atoms. The minimum absolute atomic E-state index is 0.00668. The standard InChI is InChI=1S/2C38H27BO2.C37H25BO2/c1-24-10-6-8-14-30(24)27-17-19-34-33(20-27)39-32-18-16-28(31-15-9-7-11-25(31)2)21-35(32)41-37-23-29(22-36(40-34)38(37)39)26-12-4-3-5-13-26;1-24-10-6-8-14-30(24)28-17-19-34-33(20-28)39-32-18-16-27(26-12-4-3-5-13-26)21-35(32)41-37-23-29(22-36(40-34)38(37)39)31-15-9-7-11-25(31)2;1-24-10-8-9-15-30(24)29-22-35-37-36(23-29)40-34-21-28(26-13-6-3-7-14-26)16-18-31(34)38(37)32-20-27(17-19-33(32)39-35)25-11-4-2-5-12-25/h2*3-23H,1-2H3;2-23H,1H3. The van der Waals surface area contributed by atoms with Crippen LogP contribution in [0.25, 0.3) is 100 Å². The average molecular weight is 1570 g/mol. The molecule has 6 aliphatic rings. The van der Waals surface area contributed by atoms with Gasteiger partial charge in [0.05, 0.1) is 0 Å². The summed E-state index contributed by atoms with van der Waals surface area (Å²) in [5.74, 6) is 10.5. The molecule has 18 aromatic carbocycles. The first-order valence-electron chi connectivity index (χ1n) is 42.0. The molecule has 24 rings (SSSR count). The molecule has 0 aromatic heterocycles. The summed E-state index contributed by atoms with van der Waals surface area (Å²) in [6.07, 6.45) is 0. The summed E-state index contributed by atoms with van der Waals surface area (Å²) in [4.78, 5) is 0. The fourth-order valence-electron chi connectivity index (χ4n) is 19.0. The Hall–Kier alpha value is -15.0. The fourth-order valence-corrected chi connectivity index (χ4v) is 19.0. The normalized spacial score (nSPS) is 12.5. The molecule has 0 fully saturated rings. The Kier molecular flexibility index (Phi) is 18.3. The van der Waals surface area contributed by atoms with Gasteiger partial charge in [-0.3, -0.25) is 0 Å². The summed E-state index contributed by atoms with van der Waals surface area (Å²) in [7, 11) is 0. The van der Waals surface area contributed by atoms with Crippen LogP contribution in [0.3, 0.4) is 0 Å². The van der Waals surface area contributed by atoms with Gasteiger partial charge in [0.15, 0.2) is 0 Å². The van der Waals surface area contributed by atoms with E-state index in [9.17, 15) is 0 Å². The van der Waals surface area contributed by atoms with E-state index in [1.54, 1.807) is 0 Å². The highest BCUT2D eigenvalue weighted by Gasteiger charge is 2.45. The van der Waals surface area contributed by atoms with Crippen molar-refractivity contribution in [2.24, 2.45) is 0 Å². The van der Waals surface area contributed by atoms with E-state index in [4.69, 9.17) is 28.4 Å². The summed E-state index contributed by atoms with van der Waals surface area (Å²) in [6, 6.07) is 137. The van der Waals surface area contributed by atoms with Gasteiger partial charge in [0.1, 0.15) is 69.0 Å². The Balaban J connectivity index is 0.000000109. The van der Waals surface area contributed by atoms with E-state index in [1.807, 2.05) is 18.2 Å². The van der Waals surface area contributed by atoms with Crippen LogP contribution in [0, 0.1) is 34.6 Å². The molecule has 0 amide bonds. The molecule has 0 saturated heterocycles. The SMILES string of the molecule is Cc1ccccc1-c1cc2c3c(c1)Oc1ccc(-c4ccccc4)cc1B3c1ccc(-c3ccccc3)cc1O2.Cc1ccccc1-c1cc2c3c(c1)Oc1ccc(-c4ccccc4C)cc1B3c1ccc(-c3ccccc3)cc1O2.Cc1ccccc1-c1ccc2c(c1)Oc1cc(-c3ccccc3)cc3c1B2c1cc(-c2ccccc2C)ccc1O3. The van der Waals surface area contributed by atoms with Crippen molar-refractivity contribution in [1.29, 1.82) is 0 Å². The zero-order chi connectivity index (χ0) is 81.6. The van der Waals surface area contributed by atoms with Gasteiger partial charge in [0.25, 0.3) is 20.1 Å². The maximum atomic E-state index is 6.76. The maximum Gasteiger partial charge on any atom is 0.260 e. The third-order valence-corrected chi connectivity index (χ3v) is 25.1. The van der Waals surface area contributed by atoms with Crippen LogP contribution in [0.5, 0.6) is 69.0 Å². The first kappa shape index (κ1) is 73.3. The molecule has 6 aliphatic heterocycles. The molecule has 0 aliphatic carbocycles. The van der Waals surface area contributed by atoms with E-state index < -0.39 is 0 Å². The molecule has 576 valence electrons. The van der Waals surface area contributed by atoms with E-state index in [0.29, 0.717) is 0 Å². The lowest BCUT2D eigenvalue weighted by atomic mass is 9.34. The highest BCUT2D eigenvalue weighted by atomic mass is 16.5. The van der Waals surface area contributed by atoms with E-state index in [2.05, 4.69) is 405 Å². The number of fused-ring (bicyclic) bond motifs is 12. The van der Waals surface area contributed by atoms with Crippen LogP contribution in [-0.4, -0.2) is 20.1 Å². The van der Waals surface area contributed by atoms with Gasteiger partial charge in [0, 0.05) is 16.4 Å². The highest BCUT2D eigenvalue weighted by molar-refractivity contribution is 6.99. The van der Waals surface area contributed by atoms with Crippen molar-refractivity contribution in [3.63, 3.8) is 0 Å². The minimum atomic E-state index is 0.00668. The van der Waals surface area contributed by atoms with E-state index in [0.717, 1.165) is 146 Å². The number of benzene rings is 18. The second-order valence-electron chi connectivity index (χ2n) is 32.6. The summed E-state index contributed by atoms with van der Waals surface area (Å²) >= 11 is 0. The number of rotatable bonds is 9. The zero-order valence-electron chi connectivity index (χ0n) is 68.1. The number of hydrogen-bond acceptors (Lipinski definition) is 6. The number of hydrogen-bond donors (Lipinski definition) is 0. The topological polar surface area (TPSA) is 55.4 Å². The molecule has 0 N–H and O–H groups in total. The molecule has 0 atom stereocenters. The van der Waals surface area contributed by atoms with Crippen LogP contribution in [0.4, 0.5) is 0 Å². The van der Waals surface area contributed by atoms with Crippen molar-refractivity contribution in [2.75, 3.05) is 0 Å². The van der Waals surface area contributed by atoms with Crippen molar-refractivity contribution < 1.29 is 28.4 Å². The van der Waals surface area contributed by atoms with Crippen LogP contribution < -0.4 is 77.6 Å². The zero-order valence-corrected chi connectivity index (χ0v) is 68.1. The maximum absolute atomic E-state index is 6.76. The fraction of sp³-hybridized carbons (Fsp3) is 0.0442. The summed E-state index contributed by atoms with van der Waals surface area (Å²) in [5.41, 5.74) is 37.5. The molecule has 0 unspecified atom stereocenters. The predicted octanol–water partition coefficient (Wildman–Crippen LogP) is 23.8. The monoisotopic (exact) mass is 1560 g/mol. The first-order valence-corrected chi connectivity index (χ1v) is 42.0. The van der Waals surface area contributed by atoms with Crippen molar-refractivity contribution >= 4 is 69.3 Å². The summed E-state index contributed by atoms with van der Waals surface area (Å²) in [5, 5.41) is 0. The van der Waals surface area contributed by atoms with Crippen LogP contribution in [0.2, 0.25) is 0 Å². The summed E-state index contributed by atoms with van der Waals surface area (Å²) < 4.78 is 40.2. The average Bonchev–Trinajstić information content (AvgIpc) is 0.728. The quantitative estimate of drug-likeness (QED) is 0.134. The van der Waals surface area contributed by atoms with Crippen LogP contribution in [-0.2, 0) is 0 Å². The van der Waals surface area contributed by atoms with Gasteiger partial charge in [-0.1, -0.05) is 315 Å². The molecule has 0 bridgehead atoms. The van der Waals surface area contributed by atoms with Crippen molar-refractivity contribution in [2.45, 2.75) is 34.6 Å². The Labute approximate surface area is 712 Å². The predicted molar refractivity (Wildman–Crippen MR) is 505 cm³/mol. The van der Waals surface area contributed by atoms with Gasteiger partial charge in [-0.2, -0.15) is 0 Å². The Bertz CT molecular complexity index is 7170. The molecule has 6 nitrogen and oxygen atoms in total. The van der Waals surface area contributed by atoms with Crippen LogP contribution in [0.1, 0.15) is 27.8 Å². The molecule has 122 heavy (non-hydrogen) atoms. The van der Waals surface area contributed by atoms with Crippen molar-refractivity contribution in [3.8, 4) is 169 Å². The smallest absolute Gasteiger partial charge is 0.260 e. The van der Waals surface area contributed by atoms with E-state index in [-0.39, 0.29) is 20.1 Å². The van der Waals surface area contributed by atoms with Crippen LogP contribution >= 0.6 is 0 Å².